The lowest BCUT2D eigenvalue weighted by atomic mass is 10.0. The molecular formula is C20H17BrClNO3. The summed E-state index contributed by atoms with van der Waals surface area (Å²) in [6, 6.07) is 11.5. The Hall–Kier alpha value is -2.11. The molecule has 3 rings (SSSR count). The molecule has 0 fully saturated rings. The molecule has 26 heavy (non-hydrogen) atoms. The van der Waals surface area contributed by atoms with Crippen LogP contribution in [0.1, 0.15) is 36.0 Å². The first kappa shape index (κ1) is 18.7. The molecule has 0 aromatic heterocycles. The van der Waals surface area contributed by atoms with E-state index < -0.39 is 5.97 Å². The van der Waals surface area contributed by atoms with E-state index in [2.05, 4.69) is 15.9 Å². The molecule has 0 atom stereocenters. The molecular weight excluding hydrogens is 418 g/mol. The number of carboxylic acids is 1. The third-order valence-electron chi connectivity index (χ3n) is 4.26. The van der Waals surface area contributed by atoms with Gasteiger partial charge < -0.3 is 10.0 Å². The van der Waals surface area contributed by atoms with Crippen molar-refractivity contribution in [2.24, 2.45) is 0 Å². The highest BCUT2D eigenvalue weighted by molar-refractivity contribution is 9.10. The van der Waals surface area contributed by atoms with Crippen molar-refractivity contribution in [3.8, 4) is 0 Å². The van der Waals surface area contributed by atoms with Gasteiger partial charge in [0.15, 0.2) is 0 Å². The van der Waals surface area contributed by atoms with Gasteiger partial charge in [0, 0.05) is 17.3 Å². The van der Waals surface area contributed by atoms with Gasteiger partial charge >= 0.3 is 5.97 Å². The van der Waals surface area contributed by atoms with E-state index in [-0.39, 0.29) is 18.7 Å². The molecule has 0 saturated carbocycles. The number of hydrogen-bond donors (Lipinski definition) is 1. The van der Waals surface area contributed by atoms with E-state index in [1.807, 2.05) is 48.6 Å². The summed E-state index contributed by atoms with van der Waals surface area (Å²) in [5.74, 6) is -0.983. The summed E-state index contributed by atoms with van der Waals surface area (Å²) < 4.78 is 0.776. The zero-order valence-electron chi connectivity index (χ0n) is 13.9. The molecule has 134 valence electrons. The molecule has 4 nitrogen and oxygen atoms in total. The molecule has 0 bridgehead atoms. The van der Waals surface area contributed by atoms with Crippen LogP contribution in [0.25, 0.3) is 12.2 Å². The van der Waals surface area contributed by atoms with Crippen molar-refractivity contribution in [1.29, 1.82) is 0 Å². The highest BCUT2D eigenvalue weighted by atomic mass is 79.9. The van der Waals surface area contributed by atoms with Gasteiger partial charge in [0.25, 0.3) is 0 Å². The third kappa shape index (κ3) is 4.17. The van der Waals surface area contributed by atoms with Gasteiger partial charge in [0.05, 0.1) is 17.3 Å². The van der Waals surface area contributed by atoms with Crippen LogP contribution >= 0.6 is 27.5 Å². The van der Waals surface area contributed by atoms with Crippen molar-refractivity contribution in [3.05, 3.63) is 62.6 Å². The molecule has 2 aromatic rings. The largest absolute Gasteiger partial charge is 0.481 e. The number of carboxylic acid groups (broad SMARTS) is 1. The summed E-state index contributed by atoms with van der Waals surface area (Å²) in [6.07, 6.45) is 4.46. The second-order valence-corrected chi connectivity index (χ2v) is 7.35. The van der Waals surface area contributed by atoms with E-state index in [1.165, 1.54) is 0 Å². The fourth-order valence-electron chi connectivity index (χ4n) is 2.95. The van der Waals surface area contributed by atoms with Crippen LogP contribution in [0.15, 0.2) is 40.9 Å². The van der Waals surface area contributed by atoms with E-state index in [1.54, 1.807) is 4.90 Å². The van der Waals surface area contributed by atoms with Crippen LogP contribution in [0.4, 0.5) is 5.69 Å². The van der Waals surface area contributed by atoms with Crippen molar-refractivity contribution in [2.45, 2.75) is 25.8 Å². The average molecular weight is 435 g/mol. The number of amides is 1. The quantitative estimate of drug-likeness (QED) is 0.703. The normalized spacial score (nSPS) is 14.0. The number of hydrogen-bond acceptors (Lipinski definition) is 2. The standard InChI is InChI=1S/C20H17BrClNO3/c21-16-10-15-12-23(19(24)6-3-7-20(25)26)18-5-2-1-4-13(18)8-9-14(15)11-17(16)22/h1-2,4-5,8-11H,3,6-7,12H2,(H,25,26)/b9-8-. The number of nitrogens with zero attached hydrogens (tertiary/aromatic N) is 1. The molecule has 0 radical (unpaired) electrons. The van der Waals surface area contributed by atoms with Crippen molar-refractivity contribution in [3.63, 3.8) is 0 Å². The SMILES string of the molecule is O=C(O)CCCC(=O)N1Cc2cc(Br)c(Cl)cc2/C=C\c2ccccc21. The number of aliphatic carboxylic acids is 1. The molecule has 0 spiro atoms. The van der Waals surface area contributed by atoms with Gasteiger partial charge in [-0.05, 0) is 57.2 Å². The Morgan fingerprint density at radius 2 is 1.85 bits per heavy atom. The van der Waals surface area contributed by atoms with Gasteiger partial charge in [-0.1, -0.05) is 42.0 Å². The maximum Gasteiger partial charge on any atom is 0.303 e. The highest BCUT2D eigenvalue weighted by Crippen LogP contribution is 2.33. The zero-order valence-corrected chi connectivity index (χ0v) is 16.3. The van der Waals surface area contributed by atoms with Crippen LogP contribution < -0.4 is 4.90 Å². The average Bonchev–Trinajstić information content (AvgIpc) is 2.59. The van der Waals surface area contributed by atoms with Crippen LogP contribution in [-0.2, 0) is 16.1 Å². The first-order valence-corrected chi connectivity index (χ1v) is 9.40. The monoisotopic (exact) mass is 433 g/mol. The van der Waals surface area contributed by atoms with E-state index in [9.17, 15) is 9.59 Å². The van der Waals surface area contributed by atoms with Crippen LogP contribution in [-0.4, -0.2) is 17.0 Å². The Balaban J connectivity index is 1.99. The van der Waals surface area contributed by atoms with Crippen LogP contribution in [0.3, 0.4) is 0 Å². The molecule has 1 amide bonds. The Labute approximate surface area is 165 Å². The molecule has 1 aliphatic rings. The fourth-order valence-corrected chi connectivity index (χ4v) is 3.52. The number of halogens is 2. The Kier molecular flexibility index (Phi) is 5.79. The molecule has 0 unspecified atom stereocenters. The summed E-state index contributed by atoms with van der Waals surface area (Å²) >= 11 is 9.66. The third-order valence-corrected chi connectivity index (χ3v) is 5.46. The Bertz CT molecular complexity index is 895. The lowest BCUT2D eigenvalue weighted by Crippen LogP contribution is -2.31. The van der Waals surface area contributed by atoms with E-state index in [4.69, 9.17) is 16.7 Å². The molecule has 1 aliphatic heterocycles. The van der Waals surface area contributed by atoms with Crippen molar-refractivity contribution in [2.75, 3.05) is 4.90 Å². The van der Waals surface area contributed by atoms with Crippen LogP contribution in [0.5, 0.6) is 0 Å². The minimum atomic E-state index is -0.891. The summed E-state index contributed by atoms with van der Waals surface area (Å²) in [7, 11) is 0. The zero-order chi connectivity index (χ0) is 18.7. The van der Waals surface area contributed by atoms with E-state index in [0.29, 0.717) is 18.0 Å². The Morgan fingerprint density at radius 3 is 2.62 bits per heavy atom. The minimum absolute atomic E-state index is 0.0150. The maximum absolute atomic E-state index is 12.8. The van der Waals surface area contributed by atoms with Crippen molar-refractivity contribution < 1.29 is 14.7 Å². The molecule has 6 heteroatoms. The van der Waals surface area contributed by atoms with Gasteiger partial charge in [-0.2, -0.15) is 0 Å². The van der Waals surface area contributed by atoms with Gasteiger partial charge in [0.1, 0.15) is 0 Å². The summed E-state index contributed by atoms with van der Waals surface area (Å²) in [5.41, 5.74) is 3.68. The number of rotatable bonds is 4. The number of benzene rings is 2. The lowest BCUT2D eigenvalue weighted by Gasteiger charge is -2.27. The van der Waals surface area contributed by atoms with Gasteiger partial charge in [-0.3, -0.25) is 9.59 Å². The number of fused-ring (bicyclic) bond motifs is 2. The van der Waals surface area contributed by atoms with Crippen LogP contribution in [0.2, 0.25) is 5.02 Å². The topological polar surface area (TPSA) is 57.6 Å². The maximum atomic E-state index is 12.8. The molecule has 0 saturated heterocycles. The van der Waals surface area contributed by atoms with E-state index >= 15 is 0 Å². The summed E-state index contributed by atoms with van der Waals surface area (Å²) in [5, 5.41) is 9.42. The second kappa shape index (κ2) is 8.06. The lowest BCUT2D eigenvalue weighted by molar-refractivity contribution is -0.137. The molecule has 0 aliphatic carbocycles. The first-order valence-electron chi connectivity index (χ1n) is 8.23. The fraction of sp³-hybridized carbons (Fsp3) is 0.200. The summed E-state index contributed by atoms with van der Waals surface area (Å²) in [4.78, 5) is 25.3. The number of carbonyl (C=O) groups excluding carboxylic acids is 1. The van der Waals surface area contributed by atoms with E-state index in [0.717, 1.165) is 26.9 Å². The van der Waals surface area contributed by atoms with Gasteiger partial charge in [-0.15, -0.1) is 0 Å². The Morgan fingerprint density at radius 1 is 1.12 bits per heavy atom. The second-order valence-electron chi connectivity index (χ2n) is 6.08. The van der Waals surface area contributed by atoms with Gasteiger partial charge in [0.2, 0.25) is 5.91 Å². The van der Waals surface area contributed by atoms with Crippen LogP contribution in [0, 0.1) is 0 Å². The van der Waals surface area contributed by atoms with Gasteiger partial charge in [-0.25, -0.2) is 0 Å². The highest BCUT2D eigenvalue weighted by Gasteiger charge is 2.21. The number of carbonyl (C=O) groups is 2. The number of para-hydroxylation sites is 1. The molecule has 1 heterocycles. The minimum Gasteiger partial charge on any atom is -0.481 e. The molecule has 1 N–H and O–H groups in total. The predicted octanol–water partition coefficient (Wildman–Crippen LogP) is 5.37. The predicted molar refractivity (Wildman–Crippen MR) is 107 cm³/mol. The van der Waals surface area contributed by atoms with Crippen molar-refractivity contribution >= 4 is 57.2 Å². The number of anilines is 1. The molecule has 2 aromatic carbocycles. The smallest absolute Gasteiger partial charge is 0.303 e. The van der Waals surface area contributed by atoms with Crippen molar-refractivity contribution in [1.82, 2.24) is 0 Å². The summed E-state index contributed by atoms with van der Waals surface area (Å²) in [6.45, 7) is 0.401. The first-order chi connectivity index (χ1) is 12.5.